The van der Waals surface area contributed by atoms with Gasteiger partial charge in [0.05, 0.1) is 0 Å². The average molecular weight is 192 g/mol. The van der Waals surface area contributed by atoms with E-state index in [1.807, 2.05) is 18.2 Å². The van der Waals surface area contributed by atoms with Crippen molar-refractivity contribution in [3.05, 3.63) is 35.9 Å². The quantitative estimate of drug-likeness (QED) is 0.725. The van der Waals surface area contributed by atoms with Gasteiger partial charge in [0.2, 0.25) is 0 Å². The Morgan fingerprint density at radius 1 is 1.38 bits per heavy atom. The molecule has 0 saturated heterocycles. The van der Waals surface area contributed by atoms with Crippen LogP contribution in [0.2, 0.25) is 0 Å². The zero-order chi connectivity index (χ0) is 9.52. The predicted molar refractivity (Wildman–Crippen MR) is 57.2 cm³/mol. The maximum absolute atomic E-state index is 8.86. The van der Waals surface area contributed by atoms with Crippen molar-refractivity contribution in [2.75, 3.05) is 0 Å². The third kappa shape index (κ3) is 4.62. The molecular formula is C11H12OS. The van der Waals surface area contributed by atoms with E-state index in [4.69, 9.17) is 5.11 Å². The summed E-state index contributed by atoms with van der Waals surface area (Å²) < 4.78 is 0. The van der Waals surface area contributed by atoms with Crippen molar-refractivity contribution in [3.63, 3.8) is 0 Å². The zero-order valence-electron chi connectivity index (χ0n) is 7.53. The van der Waals surface area contributed by atoms with Gasteiger partial charge in [-0.05, 0) is 17.7 Å². The average Bonchev–Trinajstić information content (AvgIpc) is 2.14. The van der Waals surface area contributed by atoms with Crippen molar-refractivity contribution < 1.29 is 5.11 Å². The molecule has 68 valence electrons. The van der Waals surface area contributed by atoms with Gasteiger partial charge in [-0.15, -0.1) is 0 Å². The lowest BCUT2D eigenvalue weighted by atomic mass is 10.2. The Morgan fingerprint density at radius 3 is 2.69 bits per heavy atom. The summed E-state index contributed by atoms with van der Waals surface area (Å²) in [4.78, 5) is 0. The van der Waals surface area contributed by atoms with Crippen molar-refractivity contribution in [1.82, 2.24) is 0 Å². The van der Waals surface area contributed by atoms with E-state index in [0.717, 1.165) is 5.75 Å². The van der Waals surface area contributed by atoms with E-state index in [0.29, 0.717) is 0 Å². The molecule has 0 aliphatic heterocycles. The highest BCUT2D eigenvalue weighted by Crippen LogP contribution is 2.09. The molecule has 1 unspecified atom stereocenters. The van der Waals surface area contributed by atoms with Crippen LogP contribution in [0, 0.1) is 11.2 Å². The van der Waals surface area contributed by atoms with Gasteiger partial charge in [-0.2, -0.15) is 0 Å². The van der Waals surface area contributed by atoms with Gasteiger partial charge in [0.15, 0.2) is 0 Å². The van der Waals surface area contributed by atoms with Gasteiger partial charge in [0.1, 0.15) is 6.10 Å². The monoisotopic (exact) mass is 192 g/mol. The fourth-order valence-corrected chi connectivity index (χ4v) is 1.51. The molecular weight excluding hydrogens is 180 g/mol. The Morgan fingerprint density at radius 2 is 2.08 bits per heavy atom. The maximum atomic E-state index is 8.86. The van der Waals surface area contributed by atoms with Crippen LogP contribution < -0.4 is 0 Å². The molecule has 0 heterocycles. The van der Waals surface area contributed by atoms with Crippen LogP contribution in [0.4, 0.5) is 0 Å². The fraction of sp³-hybridized carbons (Fsp3) is 0.273. The third-order valence-electron chi connectivity index (χ3n) is 1.42. The maximum Gasteiger partial charge on any atom is 0.112 e. The van der Waals surface area contributed by atoms with Crippen LogP contribution in [-0.4, -0.2) is 11.2 Å². The molecule has 0 aliphatic rings. The number of benzene rings is 1. The van der Waals surface area contributed by atoms with E-state index in [1.165, 1.54) is 17.3 Å². The minimum atomic E-state index is -0.525. The van der Waals surface area contributed by atoms with Crippen LogP contribution in [0.1, 0.15) is 12.5 Å². The van der Waals surface area contributed by atoms with Crippen molar-refractivity contribution in [2.24, 2.45) is 0 Å². The molecule has 0 bridgehead atoms. The summed E-state index contributed by atoms with van der Waals surface area (Å²) in [6, 6.07) is 10.2. The molecule has 1 aromatic rings. The van der Waals surface area contributed by atoms with Crippen LogP contribution in [0.25, 0.3) is 0 Å². The highest BCUT2D eigenvalue weighted by Gasteiger charge is 1.88. The molecule has 0 fully saturated rings. The van der Waals surface area contributed by atoms with Crippen molar-refractivity contribution >= 4 is 11.8 Å². The van der Waals surface area contributed by atoms with E-state index >= 15 is 0 Å². The molecule has 1 nitrogen and oxygen atoms in total. The van der Waals surface area contributed by atoms with Crippen molar-refractivity contribution in [1.29, 1.82) is 0 Å². The summed E-state index contributed by atoms with van der Waals surface area (Å²) >= 11 is 1.51. The molecule has 0 amide bonds. The number of hydrogen-bond acceptors (Lipinski definition) is 2. The van der Waals surface area contributed by atoms with Crippen LogP contribution in [0.3, 0.4) is 0 Å². The van der Waals surface area contributed by atoms with Crippen LogP contribution >= 0.6 is 11.8 Å². The normalized spacial score (nSPS) is 11.5. The highest BCUT2D eigenvalue weighted by atomic mass is 32.2. The van der Waals surface area contributed by atoms with Gasteiger partial charge >= 0.3 is 0 Å². The summed E-state index contributed by atoms with van der Waals surface area (Å²) in [7, 11) is 0. The molecule has 1 atom stereocenters. The summed E-state index contributed by atoms with van der Waals surface area (Å²) in [5, 5.41) is 11.7. The lowest BCUT2D eigenvalue weighted by molar-refractivity contribution is 0.253. The Hall–Kier alpha value is -0.910. The van der Waals surface area contributed by atoms with Crippen molar-refractivity contribution in [2.45, 2.75) is 18.8 Å². The molecule has 2 heteroatoms. The highest BCUT2D eigenvalue weighted by molar-refractivity contribution is 8.03. The Balaban J connectivity index is 2.33. The number of aliphatic hydroxyl groups is 1. The van der Waals surface area contributed by atoms with Crippen LogP contribution in [0.15, 0.2) is 30.3 Å². The van der Waals surface area contributed by atoms with Gasteiger partial charge in [0, 0.05) is 5.75 Å². The van der Waals surface area contributed by atoms with E-state index < -0.39 is 6.10 Å². The van der Waals surface area contributed by atoms with Gasteiger partial charge in [0.25, 0.3) is 0 Å². The zero-order valence-corrected chi connectivity index (χ0v) is 8.34. The van der Waals surface area contributed by atoms with Crippen LogP contribution in [-0.2, 0) is 5.75 Å². The van der Waals surface area contributed by atoms with Gasteiger partial charge in [-0.1, -0.05) is 48.0 Å². The molecule has 0 radical (unpaired) electrons. The number of hydrogen-bond donors (Lipinski definition) is 1. The first kappa shape index (κ1) is 10.2. The Kier molecular flexibility index (Phi) is 4.45. The molecule has 0 saturated carbocycles. The topological polar surface area (TPSA) is 20.2 Å². The van der Waals surface area contributed by atoms with Crippen LogP contribution in [0.5, 0.6) is 0 Å². The van der Waals surface area contributed by atoms with Gasteiger partial charge < -0.3 is 5.11 Å². The van der Waals surface area contributed by atoms with E-state index in [1.54, 1.807) is 6.92 Å². The van der Waals surface area contributed by atoms with E-state index in [-0.39, 0.29) is 0 Å². The molecule has 1 rings (SSSR count). The minimum Gasteiger partial charge on any atom is -0.381 e. The van der Waals surface area contributed by atoms with Gasteiger partial charge in [-0.25, -0.2) is 0 Å². The van der Waals surface area contributed by atoms with Crippen molar-refractivity contribution in [3.8, 4) is 11.2 Å². The standard InChI is InChI=1S/C11H12OS/c1-10(12)7-8-13-9-11-5-3-2-4-6-11/h2-6,10,12H,9H2,1H3. The minimum absolute atomic E-state index is 0.525. The lowest BCUT2D eigenvalue weighted by Gasteiger charge is -1.94. The molecule has 13 heavy (non-hydrogen) atoms. The van der Waals surface area contributed by atoms with E-state index in [9.17, 15) is 0 Å². The largest absolute Gasteiger partial charge is 0.381 e. The number of thioether (sulfide) groups is 1. The summed E-state index contributed by atoms with van der Waals surface area (Å²) in [5.41, 5.74) is 1.26. The Bertz CT molecular complexity index is 295. The molecule has 1 aromatic carbocycles. The first-order valence-corrected chi connectivity index (χ1v) is 5.12. The molecule has 0 aliphatic carbocycles. The third-order valence-corrected chi connectivity index (χ3v) is 2.16. The second-order valence-electron chi connectivity index (χ2n) is 2.70. The lowest BCUT2D eigenvalue weighted by Crippen LogP contribution is -1.91. The van der Waals surface area contributed by atoms with E-state index in [2.05, 4.69) is 23.3 Å². The first-order valence-electron chi connectivity index (χ1n) is 4.13. The summed E-state index contributed by atoms with van der Waals surface area (Å²) in [5.74, 6) is 3.56. The Labute approximate surface area is 83.2 Å². The molecule has 1 N–H and O–H groups in total. The second-order valence-corrected chi connectivity index (χ2v) is 3.48. The van der Waals surface area contributed by atoms with Gasteiger partial charge in [-0.3, -0.25) is 0 Å². The number of rotatable bonds is 2. The first-order chi connectivity index (χ1) is 6.29. The summed E-state index contributed by atoms with van der Waals surface area (Å²) in [6.45, 7) is 1.66. The second kappa shape index (κ2) is 5.69. The smallest absolute Gasteiger partial charge is 0.112 e. The molecule has 0 aromatic heterocycles. The number of aliphatic hydroxyl groups excluding tert-OH is 1. The fourth-order valence-electron chi connectivity index (χ4n) is 0.821. The molecule has 0 spiro atoms. The SMILES string of the molecule is CC(O)C#CSCc1ccccc1. The summed E-state index contributed by atoms with van der Waals surface area (Å²) in [6.07, 6.45) is -0.525. The predicted octanol–water partition coefficient (Wildman–Crippen LogP) is 2.26.